The molecule has 128 valence electrons. The first-order valence-electron chi connectivity index (χ1n) is 7.48. The van der Waals surface area contributed by atoms with E-state index >= 15 is 0 Å². The van der Waals surface area contributed by atoms with Crippen molar-refractivity contribution in [3.05, 3.63) is 59.7 Å². The molecule has 0 saturated carbocycles. The number of amides is 1. The Bertz CT molecular complexity index is 796. The number of hydrogen-bond acceptors (Lipinski definition) is 4. The van der Waals surface area contributed by atoms with Crippen molar-refractivity contribution in [2.45, 2.75) is 18.4 Å². The van der Waals surface area contributed by atoms with Crippen LogP contribution in [-0.4, -0.2) is 39.1 Å². The van der Waals surface area contributed by atoms with Gasteiger partial charge in [-0.05, 0) is 36.8 Å². The van der Waals surface area contributed by atoms with Gasteiger partial charge in [0.15, 0.2) is 9.84 Å². The van der Waals surface area contributed by atoms with Crippen LogP contribution in [0.5, 0.6) is 5.75 Å². The largest absolute Gasteiger partial charge is 0.497 e. The Labute approximate surface area is 142 Å². The van der Waals surface area contributed by atoms with Gasteiger partial charge in [-0.1, -0.05) is 29.8 Å². The van der Waals surface area contributed by atoms with Crippen LogP contribution in [-0.2, 0) is 21.2 Å². The van der Waals surface area contributed by atoms with Crippen molar-refractivity contribution in [2.75, 3.05) is 19.9 Å². The number of rotatable bonds is 6. The summed E-state index contributed by atoms with van der Waals surface area (Å²) in [5.41, 5.74) is 1.87. The van der Waals surface area contributed by atoms with Gasteiger partial charge >= 0.3 is 0 Å². The molecule has 0 aliphatic heterocycles. The molecule has 0 aliphatic carbocycles. The summed E-state index contributed by atoms with van der Waals surface area (Å²) in [5, 5.41) is 0. The highest BCUT2D eigenvalue weighted by molar-refractivity contribution is 7.92. The van der Waals surface area contributed by atoms with Crippen molar-refractivity contribution >= 4 is 15.7 Å². The molecular formula is C18H21NO4S. The molecule has 1 amide bonds. The third-order valence-corrected chi connectivity index (χ3v) is 5.32. The van der Waals surface area contributed by atoms with Crippen LogP contribution in [0, 0.1) is 6.92 Å². The van der Waals surface area contributed by atoms with Crippen LogP contribution in [0.4, 0.5) is 0 Å². The van der Waals surface area contributed by atoms with Crippen LogP contribution in [0.2, 0.25) is 0 Å². The molecule has 0 saturated heterocycles. The molecule has 2 rings (SSSR count). The second-order valence-corrected chi connectivity index (χ2v) is 7.66. The number of ether oxygens (including phenoxy) is 1. The molecule has 0 aromatic heterocycles. The number of methoxy groups -OCH3 is 1. The third kappa shape index (κ3) is 4.58. The summed E-state index contributed by atoms with van der Waals surface area (Å²) in [6, 6.07) is 13.8. The number of nitrogens with zero attached hydrogens (tertiary/aromatic N) is 1. The first kappa shape index (κ1) is 18.0. The fourth-order valence-corrected chi connectivity index (χ4v) is 3.46. The molecule has 0 bridgehead atoms. The fraction of sp³-hybridized carbons (Fsp3) is 0.278. The molecule has 0 N–H and O–H groups in total. The minimum Gasteiger partial charge on any atom is -0.497 e. The van der Waals surface area contributed by atoms with Crippen molar-refractivity contribution in [3.8, 4) is 5.75 Å². The minimum absolute atomic E-state index is 0.166. The Hall–Kier alpha value is -2.34. The number of hydrogen-bond donors (Lipinski definition) is 0. The van der Waals surface area contributed by atoms with Gasteiger partial charge in [0.2, 0.25) is 5.91 Å². The zero-order valence-corrected chi connectivity index (χ0v) is 14.8. The molecular weight excluding hydrogens is 326 g/mol. The van der Waals surface area contributed by atoms with Gasteiger partial charge < -0.3 is 9.64 Å². The van der Waals surface area contributed by atoms with Crippen LogP contribution in [0.15, 0.2) is 53.4 Å². The van der Waals surface area contributed by atoms with Crippen molar-refractivity contribution in [1.29, 1.82) is 0 Å². The summed E-state index contributed by atoms with van der Waals surface area (Å²) in [4.78, 5) is 13.8. The number of sulfone groups is 1. The summed E-state index contributed by atoms with van der Waals surface area (Å²) in [6.07, 6.45) is 0. The average Bonchev–Trinajstić information content (AvgIpc) is 2.55. The maximum atomic E-state index is 12.3. The summed E-state index contributed by atoms with van der Waals surface area (Å²) in [7, 11) is -0.457. The maximum Gasteiger partial charge on any atom is 0.238 e. The molecule has 6 heteroatoms. The second-order valence-electron chi connectivity index (χ2n) is 5.67. The molecule has 0 aliphatic rings. The van der Waals surface area contributed by atoms with E-state index in [0.717, 1.165) is 16.9 Å². The van der Waals surface area contributed by atoms with E-state index in [1.807, 2.05) is 19.1 Å². The lowest BCUT2D eigenvalue weighted by atomic mass is 10.2. The molecule has 0 unspecified atom stereocenters. The molecule has 2 aromatic rings. The Morgan fingerprint density at radius 1 is 1.04 bits per heavy atom. The molecule has 2 aromatic carbocycles. The van der Waals surface area contributed by atoms with Crippen LogP contribution in [0.1, 0.15) is 11.1 Å². The first-order valence-corrected chi connectivity index (χ1v) is 9.13. The normalized spacial score (nSPS) is 11.1. The van der Waals surface area contributed by atoms with E-state index in [0.29, 0.717) is 6.54 Å². The van der Waals surface area contributed by atoms with Crippen molar-refractivity contribution in [2.24, 2.45) is 0 Å². The zero-order chi connectivity index (χ0) is 17.7. The Morgan fingerprint density at radius 2 is 1.62 bits per heavy atom. The van der Waals surface area contributed by atoms with Crippen LogP contribution >= 0.6 is 0 Å². The van der Waals surface area contributed by atoms with Crippen molar-refractivity contribution < 1.29 is 17.9 Å². The van der Waals surface area contributed by atoms with E-state index in [9.17, 15) is 13.2 Å². The summed E-state index contributed by atoms with van der Waals surface area (Å²) >= 11 is 0. The topological polar surface area (TPSA) is 63.7 Å². The average molecular weight is 347 g/mol. The fourth-order valence-electron chi connectivity index (χ4n) is 2.19. The summed E-state index contributed by atoms with van der Waals surface area (Å²) < 4.78 is 29.7. The molecule has 5 nitrogen and oxygen atoms in total. The predicted molar refractivity (Wildman–Crippen MR) is 92.7 cm³/mol. The molecule has 0 heterocycles. The highest BCUT2D eigenvalue weighted by Gasteiger charge is 2.21. The van der Waals surface area contributed by atoms with Gasteiger partial charge in [-0.15, -0.1) is 0 Å². The maximum absolute atomic E-state index is 12.3. The van der Waals surface area contributed by atoms with Gasteiger partial charge in [0.25, 0.3) is 0 Å². The summed E-state index contributed by atoms with van der Waals surface area (Å²) in [5.74, 6) is -0.246. The van der Waals surface area contributed by atoms with E-state index < -0.39 is 21.5 Å². The lowest BCUT2D eigenvalue weighted by Crippen LogP contribution is -2.32. The Kier molecular flexibility index (Phi) is 5.62. The van der Waals surface area contributed by atoms with Gasteiger partial charge in [0.1, 0.15) is 11.5 Å². The lowest BCUT2D eigenvalue weighted by Gasteiger charge is -2.17. The molecule has 0 radical (unpaired) electrons. The summed E-state index contributed by atoms with van der Waals surface area (Å²) in [6.45, 7) is 2.22. The molecule has 0 atom stereocenters. The highest BCUT2D eigenvalue weighted by Crippen LogP contribution is 2.15. The molecule has 24 heavy (non-hydrogen) atoms. The van der Waals surface area contributed by atoms with Crippen LogP contribution in [0.3, 0.4) is 0 Å². The quantitative estimate of drug-likeness (QED) is 0.805. The minimum atomic E-state index is -3.64. The standard InChI is InChI=1S/C18H21NO4S/c1-14-4-10-17(11-5-14)24(21,22)13-18(20)19(2)12-15-6-8-16(23-3)9-7-15/h4-11H,12-13H2,1-3H3. The van der Waals surface area contributed by atoms with Crippen LogP contribution < -0.4 is 4.74 Å². The van der Waals surface area contributed by atoms with E-state index in [-0.39, 0.29) is 4.90 Å². The predicted octanol–water partition coefficient (Wildman–Crippen LogP) is 2.44. The lowest BCUT2D eigenvalue weighted by molar-refractivity contribution is -0.127. The van der Waals surface area contributed by atoms with Crippen LogP contribution in [0.25, 0.3) is 0 Å². The number of carbonyl (C=O) groups excluding carboxylic acids is 1. The first-order chi connectivity index (χ1) is 11.3. The monoisotopic (exact) mass is 347 g/mol. The smallest absolute Gasteiger partial charge is 0.238 e. The third-order valence-electron chi connectivity index (χ3n) is 3.70. The SMILES string of the molecule is COc1ccc(CN(C)C(=O)CS(=O)(=O)c2ccc(C)cc2)cc1. The van der Waals surface area contributed by atoms with Crippen molar-refractivity contribution in [3.63, 3.8) is 0 Å². The number of aryl methyl sites for hydroxylation is 1. The Balaban J connectivity index is 2.03. The Morgan fingerprint density at radius 3 is 2.17 bits per heavy atom. The van der Waals surface area contributed by atoms with E-state index in [1.54, 1.807) is 38.4 Å². The van der Waals surface area contributed by atoms with Gasteiger partial charge in [0.05, 0.1) is 12.0 Å². The second kappa shape index (κ2) is 7.49. The number of benzene rings is 2. The van der Waals surface area contributed by atoms with E-state index in [1.165, 1.54) is 17.0 Å². The number of carbonyl (C=O) groups is 1. The van der Waals surface area contributed by atoms with E-state index in [4.69, 9.17) is 4.74 Å². The van der Waals surface area contributed by atoms with E-state index in [2.05, 4.69) is 0 Å². The van der Waals surface area contributed by atoms with Crippen molar-refractivity contribution in [1.82, 2.24) is 4.90 Å². The highest BCUT2D eigenvalue weighted by atomic mass is 32.2. The van der Waals surface area contributed by atoms with Gasteiger partial charge in [0, 0.05) is 13.6 Å². The molecule has 0 fully saturated rings. The van der Waals surface area contributed by atoms with Gasteiger partial charge in [-0.2, -0.15) is 0 Å². The van der Waals surface area contributed by atoms with Gasteiger partial charge in [-0.25, -0.2) is 8.42 Å². The zero-order valence-electron chi connectivity index (χ0n) is 14.0. The molecule has 0 spiro atoms. The van der Waals surface area contributed by atoms with Gasteiger partial charge in [-0.3, -0.25) is 4.79 Å².